The van der Waals surface area contributed by atoms with Gasteiger partial charge in [-0.3, -0.25) is 10.1 Å². The summed E-state index contributed by atoms with van der Waals surface area (Å²) in [5.41, 5.74) is 2.27. The third-order valence-corrected chi connectivity index (χ3v) is 3.40. The van der Waals surface area contributed by atoms with Crippen molar-refractivity contribution in [2.45, 2.75) is 6.92 Å². The maximum Gasteiger partial charge on any atom is 0.281 e. The van der Waals surface area contributed by atoms with Crippen LogP contribution in [0.15, 0.2) is 42.5 Å². The highest BCUT2D eigenvalue weighted by Crippen LogP contribution is 2.31. The molecule has 3 rings (SSSR count). The van der Waals surface area contributed by atoms with Gasteiger partial charge in [0.2, 0.25) is 0 Å². The molecule has 0 bridgehead atoms. The number of hydrogen-bond donors (Lipinski definition) is 0. The van der Waals surface area contributed by atoms with E-state index in [0.717, 1.165) is 11.1 Å². The topological polar surface area (TPSA) is 68.9 Å². The Morgan fingerprint density at radius 1 is 1.14 bits per heavy atom. The first-order valence-corrected chi connectivity index (χ1v) is 6.62. The molecule has 0 amide bonds. The van der Waals surface area contributed by atoms with Gasteiger partial charge in [-0.15, -0.1) is 0 Å². The summed E-state index contributed by atoms with van der Waals surface area (Å²) in [6.07, 6.45) is 0. The smallest absolute Gasteiger partial charge is 0.258 e. The number of rotatable bonds is 2. The van der Waals surface area contributed by atoms with Gasteiger partial charge in [0.25, 0.3) is 5.69 Å². The van der Waals surface area contributed by atoms with E-state index in [1.54, 1.807) is 12.1 Å². The third-order valence-electron chi connectivity index (χ3n) is 3.13. The van der Waals surface area contributed by atoms with E-state index in [0.29, 0.717) is 11.3 Å². The first kappa shape index (κ1) is 13.5. The van der Waals surface area contributed by atoms with Crippen molar-refractivity contribution in [1.29, 1.82) is 0 Å². The van der Waals surface area contributed by atoms with Gasteiger partial charge < -0.3 is 0 Å². The molecule has 6 heteroatoms. The number of non-ortho nitro benzene ring substituents is 1. The fourth-order valence-electron chi connectivity index (χ4n) is 2.19. The molecule has 1 heterocycles. The lowest BCUT2D eigenvalue weighted by molar-refractivity contribution is -0.383. The van der Waals surface area contributed by atoms with Gasteiger partial charge in [0, 0.05) is 11.6 Å². The highest BCUT2D eigenvalue weighted by molar-refractivity contribution is 6.35. The molecule has 0 atom stereocenters. The van der Waals surface area contributed by atoms with Crippen LogP contribution in [0.2, 0.25) is 5.15 Å². The fraction of sp³-hybridized carbons (Fsp3) is 0.0667. The van der Waals surface area contributed by atoms with Gasteiger partial charge in [0.05, 0.1) is 10.4 Å². The Morgan fingerprint density at radius 2 is 1.90 bits per heavy atom. The van der Waals surface area contributed by atoms with E-state index in [4.69, 9.17) is 11.6 Å². The van der Waals surface area contributed by atoms with Crippen molar-refractivity contribution in [2.75, 3.05) is 0 Å². The van der Waals surface area contributed by atoms with Crippen LogP contribution in [0.5, 0.6) is 0 Å². The minimum atomic E-state index is -0.482. The second kappa shape index (κ2) is 5.10. The highest BCUT2D eigenvalue weighted by atomic mass is 35.5. The summed E-state index contributed by atoms with van der Waals surface area (Å²) in [5.74, 6) is 0.455. The summed E-state index contributed by atoms with van der Waals surface area (Å²) >= 11 is 6.15. The summed E-state index contributed by atoms with van der Waals surface area (Å²) < 4.78 is 0. The van der Waals surface area contributed by atoms with E-state index in [-0.39, 0.29) is 16.2 Å². The molecule has 0 aliphatic rings. The second-order valence-electron chi connectivity index (χ2n) is 4.64. The van der Waals surface area contributed by atoms with Crippen LogP contribution in [0, 0.1) is 17.0 Å². The van der Waals surface area contributed by atoms with E-state index in [1.165, 1.54) is 6.07 Å². The van der Waals surface area contributed by atoms with Gasteiger partial charge in [-0.05, 0) is 19.1 Å². The number of nitrogens with zero attached hydrogens (tertiary/aromatic N) is 3. The zero-order chi connectivity index (χ0) is 15.0. The van der Waals surface area contributed by atoms with Gasteiger partial charge in [0.15, 0.2) is 5.82 Å². The summed E-state index contributed by atoms with van der Waals surface area (Å²) in [5, 5.41) is 11.4. The van der Waals surface area contributed by atoms with Crippen molar-refractivity contribution in [3.05, 3.63) is 63.3 Å². The van der Waals surface area contributed by atoms with E-state index in [9.17, 15) is 10.1 Å². The minimum Gasteiger partial charge on any atom is -0.258 e. The normalized spacial score (nSPS) is 10.8. The van der Waals surface area contributed by atoms with Crippen LogP contribution in [-0.2, 0) is 0 Å². The van der Waals surface area contributed by atoms with Crippen LogP contribution < -0.4 is 0 Å². The molecule has 1 aromatic heterocycles. The van der Waals surface area contributed by atoms with Crippen LogP contribution in [-0.4, -0.2) is 14.9 Å². The van der Waals surface area contributed by atoms with Crippen molar-refractivity contribution in [1.82, 2.24) is 9.97 Å². The molecule has 0 saturated carbocycles. The number of nitro benzene ring substituents is 1. The molecule has 2 aromatic carbocycles. The number of benzene rings is 2. The molecule has 0 aliphatic carbocycles. The number of hydrogen-bond acceptors (Lipinski definition) is 4. The first-order valence-electron chi connectivity index (χ1n) is 6.24. The Bertz CT molecular complexity index is 865. The zero-order valence-electron chi connectivity index (χ0n) is 11.1. The number of fused-ring (bicyclic) bond motifs is 1. The molecule has 0 saturated heterocycles. The standard InChI is InChI=1S/C15H10ClN3O2/c1-9-4-2-5-10(8-9)15-17-11-6-3-7-12(19(20)21)13(11)14(16)18-15/h2-8H,1H3. The number of aromatic nitrogens is 2. The Morgan fingerprint density at radius 3 is 2.62 bits per heavy atom. The molecular formula is C15H10ClN3O2. The molecule has 0 fully saturated rings. The van der Waals surface area contributed by atoms with Crippen LogP contribution >= 0.6 is 11.6 Å². The zero-order valence-corrected chi connectivity index (χ0v) is 11.8. The fourth-order valence-corrected chi connectivity index (χ4v) is 2.46. The maximum atomic E-state index is 11.1. The Hall–Kier alpha value is -2.53. The molecule has 0 spiro atoms. The molecule has 21 heavy (non-hydrogen) atoms. The lowest BCUT2D eigenvalue weighted by Gasteiger charge is -2.05. The Kier molecular flexibility index (Phi) is 3.27. The molecular weight excluding hydrogens is 290 g/mol. The number of aryl methyl sites for hydroxylation is 1. The van der Waals surface area contributed by atoms with Crippen LogP contribution in [0.4, 0.5) is 5.69 Å². The summed E-state index contributed by atoms with van der Waals surface area (Å²) in [4.78, 5) is 19.2. The van der Waals surface area contributed by atoms with Crippen LogP contribution in [0.1, 0.15) is 5.56 Å². The average molecular weight is 300 g/mol. The van der Waals surface area contributed by atoms with Crippen molar-refractivity contribution in [3.8, 4) is 11.4 Å². The predicted molar refractivity (Wildman–Crippen MR) is 81.4 cm³/mol. The lowest BCUT2D eigenvalue weighted by atomic mass is 10.1. The lowest BCUT2D eigenvalue weighted by Crippen LogP contribution is -1.96. The van der Waals surface area contributed by atoms with Crippen molar-refractivity contribution in [3.63, 3.8) is 0 Å². The quantitative estimate of drug-likeness (QED) is 0.404. The van der Waals surface area contributed by atoms with Gasteiger partial charge >= 0.3 is 0 Å². The molecule has 0 radical (unpaired) electrons. The van der Waals surface area contributed by atoms with Crippen LogP contribution in [0.3, 0.4) is 0 Å². The van der Waals surface area contributed by atoms with Crippen molar-refractivity contribution >= 4 is 28.2 Å². The van der Waals surface area contributed by atoms with Gasteiger partial charge in [-0.25, -0.2) is 9.97 Å². The summed E-state index contributed by atoms with van der Waals surface area (Å²) in [6.45, 7) is 1.97. The first-order chi connectivity index (χ1) is 10.1. The average Bonchev–Trinajstić information content (AvgIpc) is 2.46. The minimum absolute atomic E-state index is 0.0869. The van der Waals surface area contributed by atoms with E-state index < -0.39 is 4.92 Å². The van der Waals surface area contributed by atoms with Gasteiger partial charge in [0.1, 0.15) is 10.5 Å². The molecule has 0 aliphatic heterocycles. The molecule has 0 unspecified atom stereocenters. The molecule has 0 N–H and O–H groups in total. The number of halogens is 1. The van der Waals surface area contributed by atoms with Crippen molar-refractivity contribution in [2.24, 2.45) is 0 Å². The Balaban J connectivity index is 2.28. The monoisotopic (exact) mass is 299 g/mol. The number of nitro groups is 1. The maximum absolute atomic E-state index is 11.1. The SMILES string of the molecule is Cc1cccc(-c2nc(Cl)c3c([N+](=O)[O-])cccc3n2)c1. The van der Waals surface area contributed by atoms with E-state index in [1.807, 2.05) is 31.2 Å². The molecule has 104 valence electrons. The van der Waals surface area contributed by atoms with Gasteiger partial charge in [-0.2, -0.15) is 0 Å². The molecule has 3 aromatic rings. The predicted octanol–water partition coefficient (Wildman–Crippen LogP) is 4.17. The second-order valence-corrected chi connectivity index (χ2v) is 4.99. The third kappa shape index (κ3) is 2.43. The van der Waals surface area contributed by atoms with E-state index in [2.05, 4.69) is 9.97 Å². The Labute approximate surface area is 125 Å². The van der Waals surface area contributed by atoms with E-state index >= 15 is 0 Å². The summed E-state index contributed by atoms with van der Waals surface area (Å²) in [6, 6.07) is 12.4. The molecule has 5 nitrogen and oxygen atoms in total. The summed E-state index contributed by atoms with van der Waals surface area (Å²) in [7, 11) is 0. The highest BCUT2D eigenvalue weighted by Gasteiger charge is 2.18. The van der Waals surface area contributed by atoms with Crippen LogP contribution in [0.25, 0.3) is 22.3 Å². The van der Waals surface area contributed by atoms with Crippen molar-refractivity contribution < 1.29 is 4.92 Å². The van der Waals surface area contributed by atoms with Gasteiger partial charge in [-0.1, -0.05) is 41.4 Å². The largest absolute Gasteiger partial charge is 0.281 e.